The Kier molecular flexibility index (Phi) is 8.55. The van der Waals surface area contributed by atoms with E-state index in [9.17, 15) is 26.7 Å². The molecule has 1 saturated heterocycles. The quantitative estimate of drug-likeness (QED) is 0.379. The van der Waals surface area contributed by atoms with Gasteiger partial charge in [0.15, 0.2) is 0 Å². The molecule has 2 aromatic heterocycles. The molecule has 11 heteroatoms. The minimum Gasteiger partial charge on any atom is -0.468 e. The molecule has 3 heterocycles. The molecule has 2 fully saturated rings. The molecule has 1 saturated carbocycles. The van der Waals surface area contributed by atoms with E-state index in [0.29, 0.717) is 25.3 Å². The van der Waals surface area contributed by atoms with Crippen LogP contribution >= 0.6 is 0 Å². The van der Waals surface area contributed by atoms with Crippen LogP contribution < -0.4 is 4.90 Å². The number of halogens is 3. The molecule has 0 unspecified atom stereocenters. The van der Waals surface area contributed by atoms with Crippen LogP contribution in [0.2, 0.25) is 0 Å². The van der Waals surface area contributed by atoms with E-state index in [0.717, 1.165) is 61.5 Å². The van der Waals surface area contributed by atoms with Crippen molar-refractivity contribution in [2.45, 2.75) is 75.9 Å². The van der Waals surface area contributed by atoms with E-state index in [4.69, 9.17) is 4.42 Å². The Hall–Kier alpha value is -2.11. The summed E-state index contributed by atoms with van der Waals surface area (Å²) in [5.74, 6) is 0.623. The van der Waals surface area contributed by atoms with Gasteiger partial charge in [-0.1, -0.05) is 39.0 Å². The van der Waals surface area contributed by atoms with Gasteiger partial charge in [0, 0.05) is 31.2 Å². The van der Waals surface area contributed by atoms with Gasteiger partial charge in [0.2, 0.25) is 10.0 Å². The van der Waals surface area contributed by atoms with Gasteiger partial charge in [-0.15, -0.1) is 0 Å². The maximum absolute atomic E-state index is 14.3. The number of hydrogen-bond acceptors (Lipinski definition) is 6. The summed E-state index contributed by atoms with van der Waals surface area (Å²) in [6.45, 7) is 2.83. The summed E-state index contributed by atoms with van der Waals surface area (Å²) in [4.78, 5) is 5.15. The van der Waals surface area contributed by atoms with E-state index >= 15 is 0 Å². The molecule has 4 rings (SSSR count). The Morgan fingerprint density at radius 3 is 2.73 bits per heavy atom. The molecule has 1 aliphatic carbocycles. The molecule has 0 spiro atoms. The summed E-state index contributed by atoms with van der Waals surface area (Å²) in [5.41, 5.74) is -1.56. The van der Waals surface area contributed by atoms with Crippen molar-refractivity contribution < 1.29 is 31.1 Å². The Morgan fingerprint density at radius 2 is 2.08 bits per heavy atom. The predicted molar refractivity (Wildman–Crippen MR) is 133 cm³/mol. The van der Waals surface area contributed by atoms with Gasteiger partial charge < -0.3 is 14.4 Å². The van der Waals surface area contributed by atoms with Crippen LogP contribution in [0.5, 0.6) is 0 Å². The molecule has 37 heavy (non-hydrogen) atoms. The lowest BCUT2D eigenvalue weighted by Crippen LogP contribution is -2.37. The summed E-state index contributed by atoms with van der Waals surface area (Å²) >= 11 is 0. The normalized spacial score (nSPS) is 22.5. The molecule has 0 aromatic carbocycles. The highest BCUT2D eigenvalue weighted by molar-refractivity contribution is 7.89. The zero-order valence-corrected chi connectivity index (χ0v) is 22.0. The largest absolute Gasteiger partial charge is 0.468 e. The third-order valence-corrected chi connectivity index (χ3v) is 9.75. The minimum atomic E-state index is -4.89. The summed E-state index contributed by atoms with van der Waals surface area (Å²) in [6, 6.07) is 4.07. The van der Waals surface area contributed by atoms with Crippen molar-refractivity contribution in [2.75, 3.05) is 31.1 Å². The molecule has 0 amide bonds. The zero-order chi connectivity index (χ0) is 26.7. The van der Waals surface area contributed by atoms with Crippen LogP contribution in [0.3, 0.4) is 0 Å². The van der Waals surface area contributed by atoms with Crippen molar-refractivity contribution in [3.8, 4) is 0 Å². The molecule has 206 valence electrons. The van der Waals surface area contributed by atoms with Gasteiger partial charge >= 0.3 is 6.18 Å². The highest BCUT2D eigenvalue weighted by atomic mass is 32.2. The van der Waals surface area contributed by atoms with E-state index in [1.165, 1.54) is 6.26 Å². The lowest BCUT2D eigenvalue weighted by molar-refractivity contribution is -0.140. The molecule has 0 radical (unpaired) electrons. The van der Waals surface area contributed by atoms with Crippen molar-refractivity contribution >= 4 is 15.8 Å². The van der Waals surface area contributed by atoms with Crippen LogP contribution in [0.1, 0.15) is 69.6 Å². The first kappa shape index (κ1) is 27.9. The maximum Gasteiger partial charge on any atom is 0.417 e. The van der Waals surface area contributed by atoms with E-state index < -0.39 is 26.7 Å². The Labute approximate surface area is 216 Å². The fourth-order valence-electron chi connectivity index (χ4n) is 5.76. The number of unbranched alkanes of at least 4 members (excludes halogenated alkanes) is 3. The zero-order valence-electron chi connectivity index (χ0n) is 21.2. The SMILES string of the molecule is CCCCCCN(Cc1ccco1)S(=O)(=O)c1cnc(N2C[C@@H]3CCCC[C@]3(CO)C2)cc1C(F)(F)F. The van der Waals surface area contributed by atoms with Gasteiger partial charge in [0.25, 0.3) is 0 Å². The number of rotatable bonds is 11. The Bertz CT molecular complexity index is 1140. The van der Waals surface area contributed by atoms with Crippen LogP contribution in [0.25, 0.3) is 0 Å². The summed E-state index contributed by atoms with van der Waals surface area (Å²) in [5, 5.41) is 10.1. The number of fused-ring (bicyclic) bond motifs is 1. The second kappa shape index (κ2) is 11.3. The number of sulfonamides is 1. The van der Waals surface area contributed by atoms with E-state index in [1.54, 1.807) is 17.0 Å². The fourth-order valence-corrected chi connectivity index (χ4v) is 7.34. The Balaban J connectivity index is 1.66. The van der Waals surface area contributed by atoms with Gasteiger partial charge in [-0.2, -0.15) is 17.5 Å². The summed E-state index contributed by atoms with van der Waals surface area (Å²) < 4.78 is 76.5. The standard InChI is InChI=1S/C26H36F3N3O4S/c1-2-3-4-7-12-32(17-21-10-8-13-36-21)37(34,35)23-15-30-24(14-22(23)26(27,28)29)31-16-20-9-5-6-11-25(20,18-31)19-33/h8,10,13-15,20,33H,2-7,9,11-12,16-19H2,1H3/t20-,25+/m0/s1. The summed E-state index contributed by atoms with van der Waals surface area (Å²) in [7, 11) is -4.52. The van der Waals surface area contributed by atoms with Crippen LogP contribution in [0.15, 0.2) is 40.0 Å². The van der Waals surface area contributed by atoms with Gasteiger partial charge in [-0.25, -0.2) is 13.4 Å². The van der Waals surface area contributed by atoms with Crippen molar-refractivity contribution in [2.24, 2.45) is 11.3 Å². The number of anilines is 1. The molecular formula is C26H36F3N3O4S. The van der Waals surface area contributed by atoms with E-state index in [-0.39, 0.29) is 36.8 Å². The fraction of sp³-hybridized carbons (Fsp3) is 0.654. The van der Waals surface area contributed by atoms with Crippen LogP contribution in [-0.4, -0.2) is 49.1 Å². The van der Waals surface area contributed by atoms with Gasteiger partial charge in [0.1, 0.15) is 16.5 Å². The first-order chi connectivity index (χ1) is 17.6. The topological polar surface area (TPSA) is 86.9 Å². The molecular weight excluding hydrogens is 507 g/mol. The lowest BCUT2D eigenvalue weighted by atomic mass is 9.69. The Morgan fingerprint density at radius 1 is 1.27 bits per heavy atom. The summed E-state index contributed by atoms with van der Waals surface area (Å²) in [6.07, 6.45) is 4.26. The van der Waals surface area contributed by atoms with E-state index in [1.807, 2.05) is 6.92 Å². The number of furan rings is 1. The maximum atomic E-state index is 14.3. The first-order valence-corrected chi connectivity index (χ1v) is 14.5. The smallest absolute Gasteiger partial charge is 0.417 e. The van der Waals surface area contributed by atoms with Gasteiger partial charge in [-0.05, 0) is 43.4 Å². The predicted octanol–water partition coefficient (Wildman–Crippen LogP) is 5.45. The molecule has 0 bridgehead atoms. The van der Waals surface area contributed by atoms with E-state index in [2.05, 4.69) is 4.98 Å². The average molecular weight is 544 g/mol. The molecule has 1 N–H and O–H groups in total. The molecule has 1 aliphatic heterocycles. The van der Waals surface area contributed by atoms with Gasteiger partial charge in [0.05, 0.1) is 25.0 Å². The van der Waals surface area contributed by atoms with Crippen molar-refractivity contribution in [3.05, 3.63) is 42.0 Å². The lowest BCUT2D eigenvalue weighted by Gasteiger charge is -2.36. The first-order valence-electron chi connectivity index (χ1n) is 13.1. The third kappa shape index (κ3) is 5.98. The highest BCUT2D eigenvalue weighted by Gasteiger charge is 2.48. The number of aliphatic hydroxyl groups is 1. The monoisotopic (exact) mass is 543 g/mol. The number of hydrogen-bond donors (Lipinski definition) is 1. The van der Waals surface area contributed by atoms with Crippen molar-refractivity contribution in [3.63, 3.8) is 0 Å². The van der Waals surface area contributed by atoms with Crippen LogP contribution in [-0.2, 0) is 22.7 Å². The minimum absolute atomic E-state index is 0.0213. The van der Waals surface area contributed by atoms with Gasteiger partial charge in [-0.3, -0.25) is 0 Å². The molecule has 7 nitrogen and oxygen atoms in total. The van der Waals surface area contributed by atoms with Crippen molar-refractivity contribution in [1.82, 2.24) is 9.29 Å². The number of pyridine rings is 1. The number of aliphatic hydroxyl groups excluding tert-OH is 1. The van der Waals surface area contributed by atoms with Crippen molar-refractivity contribution in [1.29, 1.82) is 0 Å². The highest BCUT2D eigenvalue weighted by Crippen LogP contribution is 2.48. The average Bonchev–Trinajstić information content (AvgIpc) is 3.53. The number of aromatic nitrogens is 1. The third-order valence-electron chi connectivity index (χ3n) is 7.88. The van der Waals surface area contributed by atoms with Crippen LogP contribution in [0.4, 0.5) is 19.0 Å². The molecule has 2 atom stereocenters. The van der Waals surface area contributed by atoms with Crippen LogP contribution in [0, 0.1) is 11.3 Å². The molecule has 2 aromatic rings. The number of alkyl halides is 3. The molecule has 2 aliphatic rings. The second-order valence-electron chi connectivity index (χ2n) is 10.4. The number of nitrogens with zero attached hydrogens (tertiary/aromatic N) is 3. The second-order valence-corrected chi connectivity index (χ2v) is 12.3.